The molecule has 2 nitrogen and oxygen atoms in total. The van der Waals surface area contributed by atoms with Crippen LogP contribution < -0.4 is 4.74 Å². The van der Waals surface area contributed by atoms with Gasteiger partial charge in [-0.2, -0.15) is 5.26 Å². The van der Waals surface area contributed by atoms with Crippen LogP contribution in [0.5, 0.6) is 5.75 Å². The number of hydrogen-bond acceptors (Lipinski definition) is 2. The molecule has 0 aromatic heterocycles. The molecule has 0 spiro atoms. The first kappa shape index (κ1) is 13.9. The predicted molar refractivity (Wildman–Crippen MR) is 74.6 cm³/mol. The van der Waals surface area contributed by atoms with Crippen molar-refractivity contribution in [3.8, 4) is 11.8 Å². The molecule has 0 radical (unpaired) electrons. The molecule has 0 amide bonds. The monoisotopic (exact) mass is 339 g/mol. The average molecular weight is 341 g/mol. The third-order valence-corrected chi connectivity index (χ3v) is 3.39. The molecule has 0 atom stereocenters. The molecule has 2 rings (SSSR count). The Hall–Kier alpha value is -1.57. The van der Waals surface area contributed by atoms with E-state index in [9.17, 15) is 4.39 Å². The molecule has 0 unspecified atom stereocenters. The third kappa shape index (κ3) is 3.25. The van der Waals surface area contributed by atoms with Crippen LogP contribution >= 0.6 is 27.5 Å². The molecule has 0 aliphatic rings. The maximum Gasteiger partial charge on any atom is 0.139 e. The summed E-state index contributed by atoms with van der Waals surface area (Å²) in [5.41, 5.74) is 1.09. The van der Waals surface area contributed by atoms with Gasteiger partial charge in [-0.3, -0.25) is 0 Å². The van der Waals surface area contributed by atoms with Crippen molar-refractivity contribution in [3.05, 3.63) is 62.8 Å². The normalized spacial score (nSPS) is 10.0. The fourth-order valence-corrected chi connectivity index (χ4v) is 2.16. The van der Waals surface area contributed by atoms with E-state index in [2.05, 4.69) is 15.9 Å². The molecule has 0 fully saturated rings. The van der Waals surface area contributed by atoms with Crippen LogP contribution in [0.3, 0.4) is 0 Å². The largest absolute Gasteiger partial charge is 0.487 e. The Labute approximate surface area is 123 Å². The van der Waals surface area contributed by atoms with Crippen LogP contribution in [0.15, 0.2) is 40.9 Å². The molecule has 0 aliphatic heterocycles. The maximum atomic E-state index is 13.1. The number of rotatable bonds is 3. The summed E-state index contributed by atoms with van der Waals surface area (Å²) in [4.78, 5) is 0. The van der Waals surface area contributed by atoms with Crippen molar-refractivity contribution in [3.63, 3.8) is 0 Å². The van der Waals surface area contributed by atoms with E-state index >= 15 is 0 Å². The summed E-state index contributed by atoms with van der Waals surface area (Å²) in [6, 6.07) is 11.6. The zero-order valence-corrected chi connectivity index (χ0v) is 12.0. The van der Waals surface area contributed by atoms with Crippen LogP contribution in [0, 0.1) is 17.1 Å². The van der Waals surface area contributed by atoms with E-state index < -0.39 is 0 Å². The summed E-state index contributed by atoms with van der Waals surface area (Å²) in [5.74, 6) is 0.0830. The summed E-state index contributed by atoms with van der Waals surface area (Å²) < 4.78 is 19.0. The fourth-order valence-electron chi connectivity index (χ4n) is 1.52. The molecule has 2 aromatic carbocycles. The number of halogens is 3. The summed E-state index contributed by atoms with van der Waals surface area (Å²) in [5, 5.41) is 9.35. The number of nitrogens with zero attached hydrogens (tertiary/aromatic N) is 1. The van der Waals surface area contributed by atoms with E-state index in [1.165, 1.54) is 6.07 Å². The van der Waals surface area contributed by atoms with Crippen molar-refractivity contribution in [1.82, 2.24) is 0 Å². The van der Waals surface area contributed by atoms with E-state index in [0.717, 1.165) is 5.56 Å². The van der Waals surface area contributed by atoms with Crippen LogP contribution in [-0.2, 0) is 6.61 Å². The maximum absolute atomic E-state index is 13.1. The van der Waals surface area contributed by atoms with Gasteiger partial charge in [-0.05, 0) is 45.8 Å². The number of ether oxygens (including phenoxy) is 1. The second kappa shape index (κ2) is 6.05. The molecular formula is C14H8BrClFNO. The molecule has 0 saturated heterocycles. The van der Waals surface area contributed by atoms with Crippen molar-refractivity contribution in [2.45, 2.75) is 6.61 Å². The molecule has 5 heteroatoms. The minimum atomic E-state index is -0.329. The molecule has 0 saturated carbocycles. The van der Waals surface area contributed by atoms with E-state index in [1.54, 1.807) is 30.3 Å². The van der Waals surface area contributed by atoms with Gasteiger partial charge in [0.25, 0.3) is 0 Å². The van der Waals surface area contributed by atoms with Gasteiger partial charge in [0.1, 0.15) is 29.8 Å². The van der Waals surface area contributed by atoms with Crippen LogP contribution in [0.4, 0.5) is 4.39 Å². The molecular weight excluding hydrogens is 333 g/mol. The summed E-state index contributed by atoms with van der Waals surface area (Å²) >= 11 is 9.01. The van der Waals surface area contributed by atoms with Crippen LogP contribution in [0.2, 0.25) is 5.02 Å². The molecule has 19 heavy (non-hydrogen) atoms. The van der Waals surface area contributed by atoms with Gasteiger partial charge in [0.2, 0.25) is 0 Å². The second-order valence-electron chi connectivity index (χ2n) is 3.76. The molecule has 0 N–H and O–H groups in total. The summed E-state index contributed by atoms with van der Waals surface area (Å²) in [6.45, 7) is 0.230. The van der Waals surface area contributed by atoms with Gasteiger partial charge in [-0.1, -0.05) is 23.7 Å². The van der Waals surface area contributed by atoms with Gasteiger partial charge >= 0.3 is 0 Å². The standard InChI is InChI=1S/C14H8BrClFNO/c15-11-6-9(4-5-13(11)17)8-19-14-3-1-2-12(16)10(14)7-18/h1-6H,8H2. The Kier molecular flexibility index (Phi) is 4.41. The lowest BCUT2D eigenvalue weighted by molar-refractivity contribution is 0.305. The molecule has 0 aliphatic carbocycles. The van der Waals surface area contributed by atoms with Crippen molar-refractivity contribution < 1.29 is 9.13 Å². The Bertz CT molecular complexity index is 654. The molecule has 2 aromatic rings. The van der Waals surface area contributed by atoms with Gasteiger partial charge in [0.15, 0.2) is 0 Å². The average Bonchev–Trinajstić information content (AvgIpc) is 2.40. The Balaban J connectivity index is 2.17. The Morgan fingerprint density at radius 1 is 1.32 bits per heavy atom. The Morgan fingerprint density at radius 3 is 2.79 bits per heavy atom. The first-order chi connectivity index (χ1) is 9.11. The highest BCUT2D eigenvalue weighted by Crippen LogP contribution is 2.26. The SMILES string of the molecule is N#Cc1c(Cl)cccc1OCc1ccc(F)c(Br)c1. The lowest BCUT2D eigenvalue weighted by atomic mass is 10.2. The lowest BCUT2D eigenvalue weighted by Gasteiger charge is -2.09. The van der Waals surface area contributed by atoms with E-state index in [0.29, 0.717) is 20.8 Å². The van der Waals surface area contributed by atoms with Crippen LogP contribution in [0.25, 0.3) is 0 Å². The zero-order valence-electron chi connectivity index (χ0n) is 9.66. The minimum absolute atomic E-state index is 0.230. The van der Waals surface area contributed by atoms with Crippen molar-refractivity contribution >= 4 is 27.5 Å². The van der Waals surface area contributed by atoms with Crippen molar-refractivity contribution in [2.24, 2.45) is 0 Å². The number of nitriles is 1. The van der Waals surface area contributed by atoms with E-state index in [-0.39, 0.29) is 12.4 Å². The third-order valence-electron chi connectivity index (χ3n) is 2.47. The first-order valence-electron chi connectivity index (χ1n) is 5.37. The highest BCUT2D eigenvalue weighted by atomic mass is 79.9. The lowest BCUT2D eigenvalue weighted by Crippen LogP contribution is -1.98. The number of hydrogen-bond donors (Lipinski definition) is 0. The zero-order chi connectivity index (χ0) is 13.8. The molecule has 0 bridgehead atoms. The predicted octanol–water partition coefficient (Wildman–Crippen LogP) is 4.69. The van der Waals surface area contributed by atoms with Crippen molar-refractivity contribution in [1.29, 1.82) is 5.26 Å². The summed E-state index contributed by atoms with van der Waals surface area (Å²) in [7, 11) is 0. The van der Waals surface area contributed by atoms with Crippen molar-refractivity contribution in [2.75, 3.05) is 0 Å². The van der Waals surface area contributed by atoms with Crippen LogP contribution in [-0.4, -0.2) is 0 Å². The van der Waals surface area contributed by atoms with E-state index in [1.807, 2.05) is 6.07 Å². The first-order valence-corrected chi connectivity index (χ1v) is 6.54. The van der Waals surface area contributed by atoms with Gasteiger partial charge in [0, 0.05) is 0 Å². The fraction of sp³-hybridized carbons (Fsp3) is 0.0714. The van der Waals surface area contributed by atoms with Gasteiger partial charge in [-0.15, -0.1) is 0 Å². The topological polar surface area (TPSA) is 33.0 Å². The smallest absolute Gasteiger partial charge is 0.139 e. The Morgan fingerprint density at radius 2 is 2.11 bits per heavy atom. The second-order valence-corrected chi connectivity index (χ2v) is 5.02. The van der Waals surface area contributed by atoms with Crippen LogP contribution in [0.1, 0.15) is 11.1 Å². The van der Waals surface area contributed by atoms with E-state index in [4.69, 9.17) is 21.6 Å². The van der Waals surface area contributed by atoms with Gasteiger partial charge in [-0.25, -0.2) is 4.39 Å². The number of benzene rings is 2. The highest BCUT2D eigenvalue weighted by molar-refractivity contribution is 9.10. The quantitative estimate of drug-likeness (QED) is 0.812. The van der Waals surface area contributed by atoms with Gasteiger partial charge in [0.05, 0.1) is 9.50 Å². The highest BCUT2D eigenvalue weighted by Gasteiger charge is 2.08. The minimum Gasteiger partial charge on any atom is -0.487 e. The molecule has 96 valence electrons. The van der Waals surface area contributed by atoms with Gasteiger partial charge < -0.3 is 4.74 Å². The molecule has 0 heterocycles. The summed E-state index contributed by atoms with van der Waals surface area (Å²) in [6.07, 6.45) is 0.